The number of para-hydroxylation sites is 1. The van der Waals surface area contributed by atoms with Crippen molar-refractivity contribution in [2.24, 2.45) is 0 Å². The largest absolute Gasteiger partial charge is 0.416 e. The summed E-state index contributed by atoms with van der Waals surface area (Å²) in [6.07, 6.45) is -1.46. The van der Waals surface area contributed by atoms with Crippen LogP contribution in [-0.4, -0.2) is 14.5 Å². The molecule has 5 aromatic rings. The molecule has 33 heavy (non-hydrogen) atoms. The summed E-state index contributed by atoms with van der Waals surface area (Å²) in [5.41, 5.74) is 2.72. The molecule has 0 unspecified atom stereocenters. The SMILES string of the molecule is N#Cc1ncc(-c2ccc(-n3c4ccccc4c4cc(C(F)(F)F)ccc43)c(C#N)c2)cn1. The van der Waals surface area contributed by atoms with E-state index in [4.69, 9.17) is 5.26 Å². The van der Waals surface area contributed by atoms with Gasteiger partial charge in [-0.15, -0.1) is 0 Å². The zero-order chi connectivity index (χ0) is 23.2. The minimum Gasteiger partial charge on any atom is -0.308 e. The molecule has 5 rings (SSSR count). The highest BCUT2D eigenvalue weighted by molar-refractivity contribution is 6.09. The molecule has 0 radical (unpaired) electrons. The zero-order valence-electron chi connectivity index (χ0n) is 16.8. The van der Waals surface area contributed by atoms with Crippen molar-refractivity contribution < 1.29 is 13.2 Å². The Morgan fingerprint density at radius 3 is 2.18 bits per heavy atom. The number of hydrogen-bond acceptors (Lipinski definition) is 4. The number of nitrogens with zero attached hydrogens (tertiary/aromatic N) is 5. The summed E-state index contributed by atoms with van der Waals surface area (Å²) >= 11 is 0. The highest BCUT2D eigenvalue weighted by atomic mass is 19.4. The summed E-state index contributed by atoms with van der Waals surface area (Å²) in [7, 11) is 0. The van der Waals surface area contributed by atoms with E-state index in [9.17, 15) is 18.4 Å². The Bertz CT molecular complexity index is 1620. The van der Waals surface area contributed by atoms with Crippen LogP contribution in [0.3, 0.4) is 0 Å². The second-order valence-electron chi connectivity index (χ2n) is 7.33. The van der Waals surface area contributed by atoms with Gasteiger partial charge in [-0.3, -0.25) is 0 Å². The van der Waals surface area contributed by atoms with Crippen molar-refractivity contribution in [3.8, 4) is 29.0 Å². The maximum absolute atomic E-state index is 13.3. The van der Waals surface area contributed by atoms with Crippen molar-refractivity contribution in [1.29, 1.82) is 10.5 Å². The van der Waals surface area contributed by atoms with Crippen molar-refractivity contribution in [3.63, 3.8) is 0 Å². The molecule has 0 aliphatic heterocycles. The number of nitriles is 2. The first-order valence-electron chi connectivity index (χ1n) is 9.78. The Labute approximate surface area is 185 Å². The number of halogens is 3. The van der Waals surface area contributed by atoms with Gasteiger partial charge < -0.3 is 4.57 Å². The number of aromatic nitrogens is 3. The van der Waals surface area contributed by atoms with Gasteiger partial charge in [-0.1, -0.05) is 24.3 Å². The van der Waals surface area contributed by atoms with Crippen LogP contribution in [0, 0.1) is 22.7 Å². The summed E-state index contributed by atoms with van der Waals surface area (Å²) in [6.45, 7) is 0. The van der Waals surface area contributed by atoms with Crippen molar-refractivity contribution in [2.45, 2.75) is 6.18 Å². The smallest absolute Gasteiger partial charge is 0.308 e. The normalized spacial score (nSPS) is 11.4. The van der Waals surface area contributed by atoms with Crippen LogP contribution in [0.15, 0.2) is 73.1 Å². The molecule has 3 aromatic carbocycles. The number of fused-ring (bicyclic) bond motifs is 3. The first kappa shape index (κ1) is 20.2. The molecule has 0 saturated heterocycles. The monoisotopic (exact) mass is 439 g/mol. The van der Waals surface area contributed by atoms with Crippen LogP contribution in [0.4, 0.5) is 13.2 Å². The van der Waals surface area contributed by atoms with Gasteiger partial charge in [-0.25, -0.2) is 9.97 Å². The van der Waals surface area contributed by atoms with Crippen LogP contribution in [0.1, 0.15) is 17.0 Å². The summed E-state index contributed by atoms with van der Waals surface area (Å²) in [6, 6.07) is 20.0. The van der Waals surface area contributed by atoms with Crippen LogP contribution < -0.4 is 0 Å². The molecule has 0 aliphatic carbocycles. The van der Waals surface area contributed by atoms with Gasteiger partial charge >= 0.3 is 6.18 Å². The Kier molecular flexibility index (Phi) is 4.58. The third-order valence-electron chi connectivity index (χ3n) is 5.44. The lowest BCUT2D eigenvalue weighted by Gasteiger charge is -2.12. The summed E-state index contributed by atoms with van der Waals surface area (Å²) in [4.78, 5) is 7.92. The van der Waals surface area contributed by atoms with E-state index in [1.54, 1.807) is 41.0 Å². The second kappa shape index (κ2) is 7.47. The molecule has 2 heterocycles. The predicted octanol–water partition coefficient (Wildman–Crippen LogP) is 6.00. The fraction of sp³-hybridized carbons (Fsp3) is 0.0400. The number of alkyl halides is 3. The van der Waals surface area contributed by atoms with E-state index in [0.29, 0.717) is 44.2 Å². The van der Waals surface area contributed by atoms with Crippen LogP contribution in [0.2, 0.25) is 0 Å². The summed E-state index contributed by atoms with van der Waals surface area (Å²) in [5, 5.41) is 19.9. The molecule has 2 aromatic heterocycles. The van der Waals surface area contributed by atoms with Crippen molar-refractivity contribution in [3.05, 3.63) is 90.0 Å². The van der Waals surface area contributed by atoms with Crippen LogP contribution >= 0.6 is 0 Å². The fourth-order valence-corrected chi connectivity index (χ4v) is 3.94. The van der Waals surface area contributed by atoms with E-state index in [1.165, 1.54) is 18.5 Å². The Hall–Kier alpha value is -4.69. The number of rotatable bonds is 2. The molecule has 0 amide bonds. The topological polar surface area (TPSA) is 78.3 Å². The Balaban J connectivity index is 1.74. The highest BCUT2D eigenvalue weighted by Gasteiger charge is 2.31. The lowest BCUT2D eigenvalue weighted by molar-refractivity contribution is -0.137. The molecule has 158 valence electrons. The van der Waals surface area contributed by atoms with Crippen molar-refractivity contribution in [2.75, 3.05) is 0 Å². The van der Waals surface area contributed by atoms with Crippen molar-refractivity contribution in [1.82, 2.24) is 14.5 Å². The first-order chi connectivity index (χ1) is 15.9. The second-order valence-corrected chi connectivity index (χ2v) is 7.33. The first-order valence-corrected chi connectivity index (χ1v) is 9.78. The van der Waals surface area contributed by atoms with E-state index in [2.05, 4.69) is 16.0 Å². The van der Waals surface area contributed by atoms with Gasteiger partial charge in [0.25, 0.3) is 0 Å². The van der Waals surface area contributed by atoms with Gasteiger partial charge in [-0.05, 0) is 42.0 Å². The average molecular weight is 439 g/mol. The maximum atomic E-state index is 13.3. The molecule has 0 bridgehead atoms. The Morgan fingerprint density at radius 2 is 1.48 bits per heavy atom. The minimum atomic E-state index is -4.46. The van der Waals surface area contributed by atoms with E-state index in [-0.39, 0.29) is 5.82 Å². The third kappa shape index (κ3) is 3.35. The molecule has 0 spiro atoms. The van der Waals surface area contributed by atoms with E-state index in [0.717, 1.165) is 12.1 Å². The molecular formula is C25H12F3N5. The van der Waals surface area contributed by atoms with Crippen LogP contribution in [0.5, 0.6) is 0 Å². The molecule has 0 aliphatic rings. The maximum Gasteiger partial charge on any atom is 0.416 e. The van der Waals surface area contributed by atoms with Gasteiger partial charge in [0.15, 0.2) is 0 Å². The van der Waals surface area contributed by atoms with E-state index >= 15 is 0 Å². The number of hydrogen-bond donors (Lipinski definition) is 0. The van der Waals surface area contributed by atoms with Gasteiger partial charge in [0.2, 0.25) is 5.82 Å². The van der Waals surface area contributed by atoms with Gasteiger partial charge in [0, 0.05) is 28.7 Å². The van der Waals surface area contributed by atoms with Crippen LogP contribution in [-0.2, 0) is 6.18 Å². The fourth-order valence-electron chi connectivity index (χ4n) is 3.94. The lowest BCUT2D eigenvalue weighted by Crippen LogP contribution is -2.04. The third-order valence-corrected chi connectivity index (χ3v) is 5.44. The highest BCUT2D eigenvalue weighted by Crippen LogP contribution is 2.38. The molecule has 8 heteroatoms. The quantitative estimate of drug-likeness (QED) is 0.338. The molecule has 0 N–H and O–H groups in total. The lowest BCUT2D eigenvalue weighted by atomic mass is 10.0. The van der Waals surface area contributed by atoms with Gasteiger partial charge in [0.05, 0.1) is 27.8 Å². The molecule has 5 nitrogen and oxygen atoms in total. The molecule has 0 fully saturated rings. The Morgan fingerprint density at radius 1 is 0.758 bits per heavy atom. The van der Waals surface area contributed by atoms with Crippen LogP contribution in [0.25, 0.3) is 38.6 Å². The van der Waals surface area contributed by atoms with E-state index in [1.807, 2.05) is 12.1 Å². The van der Waals surface area contributed by atoms with Gasteiger partial charge in [0.1, 0.15) is 12.1 Å². The predicted molar refractivity (Wildman–Crippen MR) is 116 cm³/mol. The number of benzene rings is 3. The van der Waals surface area contributed by atoms with Crippen molar-refractivity contribution >= 4 is 21.8 Å². The average Bonchev–Trinajstić information content (AvgIpc) is 3.17. The summed E-state index contributed by atoms with van der Waals surface area (Å²) < 4.78 is 41.8. The standard InChI is InChI=1S/C25H12F3N5/c26-25(27,28)18-6-8-23-20(10-18)19-3-1-2-4-22(19)33(23)21-7-5-15(9-16(21)11-29)17-13-31-24(12-30)32-14-17/h1-10,13-14H. The summed E-state index contributed by atoms with van der Waals surface area (Å²) in [5.74, 6) is 0.0411. The van der Waals surface area contributed by atoms with Gasteiger partial charge in [-0.2, -0.15) is 23.7 Å². The van der Waals surface area contributed by atoms with E-state index < -0.39 is 11.7 Å². The zero-order valence-corrected chi connectivity index (χ0v) is 16.8. The molecule has 0 atom stereocenters. The minimum absolute atomic E-state index is 0.0411. The molecular weight excluding hydrogens is 427 g/mol. The molecule has 0 saturated carbocycles.